The summed E-state index contributed by atoms with van der Waals surface area (Å²) in [5.41, 5.74) is 4.70. The molecule has 0 amide bonds. The molecule has 0 saturated carbocycles. The normalized spacial score (nSPS) is 13.2. The van der Waals surface area contributed by atoms with Crippen LogP contribution in [0.25, 0.3) is 5.57 Å². The van der Waals surface area contributed by atoms with Gasteiger partial charge in [0.25, 0.3) is 0 Å². The number of aryl methyl sites for hydroxylation is 1. The minimum Gasteiger partial charge on any atom is -0.461 e. The Labute approximate surface area is 149 Å². The van der Waals surface area contributed by atoms with E-state index in [1.165, 1.54) is 11.1 Å². The van der Waals surface area contributed by atoms with Crippen LogP contribution >= 0.6 is 0 Å². The Kier molecular flexibility index (Phi) is 6.00. The summed E-state index contributed by atoms with van der Waals surface area (Å²) in [6, 6.07) is 18.2. The summed E-state index contributed by atoms with van der Waals surface area (Å²) in [6.07, 6.45) is 12.5. The van der Waals surface area contributed by atoms with Gasteiger partial charge in [0, 0.05) is 6.42 Å². The van der Waals surface area contributed by atoms with Crippen LogP contribution in [0.15, 0.2) is 85.0 Å². The van der Waals surface area contributed by atoms with Crippen molar-refractivity contribution in [3.63, 3.8) is 0 Å². The molecule has 0 fully saturated rings. The van der Waals surface area contributed by atoms with Crippen molar-refractivity contribution in [2.75, 3.05) is 0 Å². The van der Waals surface area contributed by atoms with Crippen LogP contribution in [0.4, 0.5) is 0 Å². The maximum Gasteiger partial charge on any atom is 0.306 e. The maximum absolute atomic E-state index is 11.9. The zero-order chi connectivity index (χ0) is 17.3. The molecule has 0 bridgehead atoms. The van der Waals surface area contributed by atoms with Gasteiger partial charge < -0.3 is 4.74 Å². The highest BCUT2D eigenvalue weighted by molar-refractivity contribution is 5.70. The lowest BCUT2D eigenvalue weighted by Gasteiger charge is -2.07. The lowest BCUT2D eigenvalue weighted by Crippen LogP contribution is -2.05. The summed E-state index contributed by atoms with van der Waals surface area (Å²) < 4.78 is 5.32. The Balaban J connectivity index is 1.48. The predicted molar refractivity (Wildman–Crippen MR) is 102 cm³/mol. The van der Waals surface area contributed by atoms with Crippen molar-refractivity contribution in [3.8, 4) is 0 Å². The fourth-order valence-electron chi connectivity index (χ4n) is 2.73. The average Bonchev–Trinajstić information content (AvgIpc) is 2.95. The first-order chi connectivity index (χ1) is 12.3. The van der Waals surface area contributed by atoms with E-state index in [4.69, 9.17) is 4.74 Å². The third-order valence-corrected chi connectivity index (χ3v) is 4.18. The van der Waals surface area contributed by atoms with Crippen LogP contribution in [-0.4, -0.2) is 5.97 Å². The first kappa shape index (κ1) is 17.0. The number of esters is 1. The molecule has 2 heteroatoms. The standard InChI is InChI=1S/C23H22O2/c24-23(25-18-20-8-4-3-5-9-20)17-14-19-12-15-22(16-13-19)21-10-6-1-2-7-11-21/h1-10,12-13,15-16H,11,14,17-18H2. The quantitative estimate of drug-likeness (QED) is 0.675. The van der Waals surface area contributed by atoms with Gasteiger partial charge in [-0.15, -0.1) is 0 Å². The van der Waals surface area contributed by atoms with Crippen molar-refractivity contribution in [3.05, 3.63) is 102 Å². The zero-order valence-corrected chi connectivity index (χ0v) is 14.2. The molecule has 2 aromatic carbocycles. The topological polar surface area (TPSA) is 26.3 Å². The summed E-state index contributed by atoms with van der Waals surface area (Å²) >= 11 is 0. The second-order valence-corrected chi connectivity index (χ2v) is 6.05. The van der Waals surface area contributed by atoms with Gasteiger partial charge >= 0.3 is 5.97 Å². The van der Waals surface area contributed by atoms with Gasteiger partial charge in [-0.1, -0.05) is 85.0 Å². The Bertz CT molecular complexity index is 781. The van der Waals surface area contributed by atoms with Crippen molar-refractivity contribution >= 4 is 11.5 Å². The highest BCUT2D eigenvalue weighted by Crippen LogP contribution is 2.21. The van der Waals surface area contributed by atoms with E-state index in [1.54, 1.807) is 0 Å². The van der Waals surface area contributed by atoms with E-state index in [1.807, 2.05) is 36.4 Å². The maximum atomic E-state index is 11.9. The molecule has 1 aliphatic rings. The van der Waals surface area contributed by atoms with Crippen LogP contribution < -0.4 is 0 Å². The van der Waals surface area contributed by atoms with Gasteiger partial charge in [-0.2, -0.15) is 0 Å². The number of ether oxygens (including phenoxy) is 1. The second kappa shape index (κ2) is 8.84. The molecule has 0 unspecified atom stereocenters. The van der Waals surface area contributed by atoms with Crippen molar-refractivity contribution < 1.29 is 9.53 Å². The van der Waals surface area contributed by atoms with Crippen molar-refractivity contribution in [2.24, 2.45) is 0 Å². The Morgan fingerprint density at radius 1 is 0.880 bits per heavy atom. The van der Waals surface area contributed by atoms with Crippen LogP contribution in [0, 0.1) is 0 Å². The molecule has 0 radical (unpaired) electrons. The lowest BCUT2D eigenvalue weighted by molar-refractivity contribution is -0.144. The van der Waals surface area contributed by atoms with E-state index in [-0.39, 0.29) is 5.97 Å². The first-order valence-electron chi connectivity index (χ1n) is 8.62. The molecule has 0 spiro atoms. The summed E-state index contributed by atoms with van der Waals surface area (Å²) in [7, 11) is 0. The summed E-state index contributed by atoms with van der Waals surface area (Å²) in [5.74, 6) is -0.158. The minimum absolute atomic E-state index is 0.158. The molecule has 0 atom stereocenters. The van der Waals surface area contributed by atoms with Gasteiger partial charge in [-0.05, 0) is 35.1 Å². The molecule has 126 valence electrons. The van der Waals surface area contributed by atoms with Gasteiger partial charge in [-0.3, -0.25) is 4.79 Å². The molecular weight excluding hydrogens is 308 g/mol. The number of benzene rings is 2. The molecule has 2 nitrogen and oxygen atoms in total. The van der Waals surface area contributed by atoms with E-state index in [2.05, 4.69) is 48.6 Å². The van der Waals surface area contributed by atoms with Crippen LogP contribution in [0.5, 0.6) is 0 Å². The molecule has 3 rings (SSSR count). The molecule has 0 heterocycles. The van der Waals surface area contributed by atoms with E-state index in [0.29, 0.717) is 19.4 Å². The Morgan fingerprint density at radius 3 is 2.48 bits per heavy atom. The number of allylic oxidation sites excluding steroid dienone is 6. The fraction of sp³-hybridized carbons (Fsp3) is 0.174. The molecule has 25 heavy (non-hydrogen) atoms. The largest absolute Gasteiger partial charge is 0.461 e. The molecule has 0 aliphatic heterocycles. The Morgan fingerprint density at radius 2 is 1.68 bits per heavy atom. The highest BCUT2D eigenvalue weighted by atomic mass is 16.5. The average molecular weight is 330 g/mol. The van der Waals surface area contributed by atoms with Crippen molar-refractivity contribution in [1.82, 2.24) is 0 Å². The van der Waals surface area contributed by atoms with E-state index in [0.717, 1.165) is 17.5 Å². The third-order valence-electron chi connectivity index (χ3n) is 4.18. The van der Waals surface area contributed by atoms with Gasteiger partial charge in [0.15, 0.2) is 0 Å². The number of hydrogen-bond donors (Lipinski definition) is 0. The van der Waals surface area contributed by atoms with Crippen LogP contribution in [0.1, 0.15) is 29.5 Å². The smallest absolute Gasteiger partial charge is 0.306 e. The molecule has 0 saturated heterocycles. The van der Waals surface area contributed by atoms with Crippen molar-refractivity contribution in [2.45, 2.75) is 25.9 Å². The highest BCUT2D eigenvalue weighted by Gasteiger charge is 2.06. The molecule has 0 aromatic heterocycles. The molecule has 0 N–H and O–H groups in total. The number of carbonyl (C=O) groups excluding carboxylic acids is 1. The zero-order valence-electron chi connectivity index (χ0n) is 14.2. The van der Waals surface area contributed by atoms with E-state index < -0.39 is 0 Å². The van der Waals surface area contributed by atoms with Crippen LogP contribution in [-0.2, 0) is 22.6 Å². The summed E-state index contributed by atoms with van der Waals surface area (Å²) in [4.78, 5) is 11.9. The first-order valence-corrected chi connectivity index (χ1v) is 8.62. The fourth-order valence-corrected chi connectivity index (χ4v) is 2.73. The lowest BCUT2D eigenvalue weighted by atomic mass is 10.00. The van der Waals surface area contributed by atoms with Gasteiger partial charge in [-0.25, -0.2) is 0 Å². The molecule has 1 aliphatic carbocycles. The van der Waals surface area contributed by atoms with E-state index in [9.17, 15) is 4.79 Å². The Hall–Kier alpha value is -2.87. The van der Waals surface area contributed by atoms with Crippen LogP contribution in [0.3, 0.4) is 0 Å². The van der Waals surface area contributed by atoms with Crippen molar-refractivity contribution in [1.29, 1.82) is 0 Å². The summed E-state index contributed by atoms with van der Waals surface area (Å²) in [6.45, 7) is 0.341. The minimum atomic E-state index is -0.158. The van der Waals surface area contributed by atoms with Gasteiger partial charge in [0.1, 0.15) is 6.61 Å². The second-order valence-electron chi connectivity index (χ2n) is 6.05. The SMILES string of the molecule is O=C(CCc1ccc(C2=CC=CC=CC2)cc1)OCc1ccccc1. The van der Waals surface area contributed by atoms with Crippen LogP contribution in [0.2, 0.25) is 0 Å². The number of rotatable bonds is 6. The number of carbonyl (C=O) groups is 1. The summed E-state index contributed by atoms with van der Waals surface area (Å²) in [5, 5.41) is 0. The molecule has 2 aromatic rings. The van der Waals surface area contributed by atoms with Gasteiger partial charge in [0.05, 0.1) is 0 Å². The van der Waals surface area contributed by atoms with Gasteiger partial charge in [0.2, 0.25) is 0 Å². The monoisotopic (exact) mass is 330 g/mol. The van der Waals surface area contributed by atoms with E-state index >= 15 is 0 Å². The third kappa shape index (κ3) is 5.32. The molecular formula is C23H22O2. The predicted octanol–water partition coefficient (Wildman–Crippen LogP) is 5.26. The number of hydrogen-bond acceptors (Lipinski definition) is 2.